The summed E-state index contributed by atoms with van der Waals surface area (Å²) < 4.78 is 28.6. The van der Waals surface area contributed by atoms with Gasteiger partial charge in [0.1, 0.15) is 148 Å². The second kappa shape index (κ2) is 33.6. The summed E-state index contributed by atoms with van der Waals surface area (Å²) in [5.41, 5.74) is 37.8. The molecule has 102 heavy (non-hydrogen) atoms. The molecule has 13 rings (SSSR count). The molecule has 0 spiro atoms. The van der Waals surface area contributed by atoms with Gasteiger partial charge in [-0.2, -0.15) is 0 Å². The van der Waals surface area contributed by atoms with Crippen LogP contribution < -0.4 is 129 Å². The first kappa shape index (κ1) is 82.0. The highest BCUT2D eigenvalue weighted by Gasteiger charge is 2.33. The van der Waals surface area contributed by atoms with Gasteiger partial charge in [0.2, 0.25) is 38.0 Å². The van der Waals surface area contributed by atoms with Crippen LogP contribution in [-0.4, -0.2) is 27.4 Å². The Kier molecular flexibility index (Phi) is 27.0. The fourth-order valence-corrected chi connectivity index (χ4v) is 16.5. The summed E-state index contributed by atoms with van der Waals surface area (Å²) in [6.07, 6.45) is 41.2. The lowest BCUT2D eigenvalue weighted by Gasteiger charge is -2.24. The summed E-state index contributed by atoms with van der Waals surface area (Å²) in [5.74, 6) is 0. The molecule has 0 fully saturated rings. The SMILES string of the molecule is Cc1cc(C)c(-[n+]2ccn(Cc3c(Cn4cc[n+](-c5c(C)cc(C)cc5C)c4)c(Cn4cc[n+](-c5c(C)cc(C)cc5C)c4)c(Cn4cc[n+](-c5c(C)cc(C)cc5C)c4)c(Cn4cc[n+](-c5c(C)cc(C)cc5C)c4)c3Cn3cc[n+](-c4c(C)cc(C)cc4C)c3)c2)c(C)c1.[Br-].[Br-].[Br-].[Br-].[Br-].[Br-]. The molecule has 0 saturated heterocycles. The minimum Gasteiger partial charge on any atom is -1.00 e. The van der Waals surface area contributed by atoms with Crippen LogP contribution in [0.3, 0.4) is 0 Å². The number of halogens is 6. The van der Waals surface area contributed by atoms with Crippen LogP contribution in [-0.2, 0) is 39.3 Å². The Hall–Kier alpha value is -7.32. The van der Waals surface area contributed by atoms with Crippen LogP contribution in [0.5, 0.6) is 0 Å². The summed E-state index contributed by atoms with van der Waals surface area (Å²) in [7, 11) is 0. The van der Waals surface area contributed by atoms with E-state index in [1.54, 1.807) is 0 Å². The van der Waals surface area contributed by atoms with Crippen molar-refractivity contribution in [2.75, 3.05) is 0 Å². The highest BCUT2D eigenvalue weighted by molar-refractivity contribution is 5.55. The fourth-order valence-electron chi connectivity index (χ4n) is 16.5. The molecule has 0 aliphatic rings. The third-order valence-electron chi connectivity index (χ3n) is 19.7. The number of rotatable bonds is 18. The van der Waals surface area contributed by atoms with E-state index in [1.807, 2.05) is 0 Å². The van der Waals surface area contributed by atoms with Gasteiger partial charge in [-0.25, -0.2) is 54.8 Å². The maximum atomic E-state index is 2.43. The third-order valence-corrected chi connectivity index (χ3v) is 19.7. The predicted octanol–water partition coefficient (Wildman–Crippen LogP) is -3.98. The van der Waals surface area contributed by atoms with Gasteiger partial charge in [-0.15, -0.1) is 0 Å². The zero-order chi connectivity index (χ0) is 67.7. The van der Waals surface area contributed by atoms with E-state index in [1.165, 1.54) is 168 Å². The molecule has 13 aromatic rings. The van der Waals surface area contributed by atoms with Crippen molar-refractivity contribution in [3.8, 4) is 34.1 Å². The molecule has 0 aliphatic carbocycles. The molecule has 0 N–H and O–H groups in total. The molecule has 534 valence electrons. The van der Waals surface area contributed by atoms with Gasteiger partial charge < -0.3 is 102 Å². The monoisotopic (exact) mass is 1750 g/mol. The first-order valence-corrected chi connectivity index (χ1v) is 34.0. The average Bonchev–Trinajstić information content (AvgIpc) is 1.11. The average molecular weight is 1750 g/mol. The maximum absolute atomic E-state index is 2.43. The number of hydrogen-bond donors (Lipinski definition) is 0. The summed E-state index contributed by atoms with van der Waals surface area (Å²) >= 11 is 0. The normalized spacial score (nSPS) is 11.0. The van der Waals surface area contributed by atoms with Gasteiger partial charge >= 0.3 is 0 Å². The zero-order valence-electron chi connectivity index (χ0n) is 62.2. The Morgan fingerprint density at radius 3 is 0.402 bits per heavy atom. The standard InChI is InChI=1S/C84H96N12.6BrH/c1-55-31-61(7)79(62(8)32-55)91-25-19-85(49-91)43-73-74(44-86-20-26-92(50-86)80-63(9)33-56(2)34-64(80)10)76(46-88-22-28-94(52-88)82-67(13)37-58(4)38-68(82)14)78(48-90-24-30-96(54-90)84-71(17)41-60(6)42-72(84)18)77(47-89-23-29-95(53-89)83-69(15)39-59(5)40-70(83)16)75(73)45-87-21-27-93(51-87)81-65(11)35-57(3)36-66(81)12;;;;;;/h19-42,49-54H,43-48H2,1-18H3;6*1H/q+6;;;;;;/p-6. The van der Waals surface area contributed by atoms with Crippen LogP contribution in [0.15, 0.2) is 185 Å². The van der Waals surface area contributed by atoms with Crippen LogP contribution in [0.2, 0.25) is 0 Å². The number of benzene rings is 7. The first-order valence-electron chi connectivity index (χ1n) is 34.0. The van der Waals surface area contributed by atoms with Crippen molar-refractivity contribution < 1.29 is 129 Å². The van der Waals surface area contributed by atoms with Crippen molar-refractivity contribution in [1.29, 1.82) is 0 Å². The van der Waals surface area contributed by atoms with Crippen molar-refractivity contribution in [2.45, 2.75) is 164 Å². The minimum atomic E-state index is 0. The number of aromatic nitrogens is 12. The van der Waals surface area contributed by atoms with Crippen LogP contribution in [0.4, 0.5) is 0 Å². The van der Waals surface area contributed by atoms with E-state index in [2.05, 4.69) is 365 Å². The van der Waals surface area contributed by atoms with Gasteiger partial charge in [-0.1, -0.05) is 106 Å². The van der Waals surface area contributed by atoms with Crippen molar-refractivity contribution >= 4 is 0 Å². The van der Waals surface area contributed by atoms with Gasteiger partial charge in [0.05, 0.1) is 0 Å². The van der Waals surface area contributed by atoms with E-state index in [9.17, 15) is 0 Å². The topological polar surface area (TPSA) is 52.9 Å². The van der Waals surface area contributed by atoms with Gasteiger partial charge in [0.25, 0.3) is 0 Å². The lowest BCUT2D eigenvalue weighted by Crippen LogP contribution is -3.00. The molecule has 12 nitrogen and oxygen atoms in total. The Balaban J connectivity index is 0.00000243. The van der Waals surface area contributed by atoms with Gasteiger partial charge in [0, 0.05) is 33.4 Å². The van der Waals surface area contributed by atoms with E-state index in [0.29, 0.717) is 39.3 Å². The summed E-state index contributed by atoms with van der Waals surface area (Å²) in [4.78, 5) is 0. The van der Waals surface area contributed by atoms with Crippen LogP contribution in [0.25, 0.3) is 34.1 Å². The minimum absolute atomic E-state index is 0. The lowest BCUT2D eigenvalue weighted by molar-refractivity contribution is -0.596. The number of hydrogen-bond acceptors (Lipinski definition) is 0. The van der Waals surface area contributed by atoms with Crippen LogP contribution in [0.1, 0.15) is 134 Å². The van der Waals surface area contributed by atoms with E-state index in [4.69, 9.17) is 0 Å². The molecule has 0 amide bonds. The predicted molar refractivity (Wildman–Crippen MR) is 382 cm³/mol. The number of aryl methyl sites for hydroxylation is 18. The van der Waals surface area contributed by atoms with Crippen molar-refractivity contribution in [3.05, 3.63) is 319 Å². The number of imidazole rings is 6. The number of nitrogens with zero attached hydrogens (tertiary/aromatic N) is 12. The smallest absolute Gasteiger partial charge is 0.249 e. The molecule has 0 unspecified atom stereocenters. The molecule has 0 radical (unpaired) electrons. The van der Waals surface area contributed by atoms with Gasteiger partial charge in [-0.05, 0) is 191 Å². The molecule has 0 saturated carbocycles. The largest absolute Gasteiger partial charge is 1.00 e. The molecule has 0 aliphatic heterocycles. The molecule has 0 atom stereocenters. The molecular weight excluding hydrogens is 1660 g/mol. The van der Waals surface area contributed by atoms with Gasteiger partial charge in [-0.3, -0.25) is 0 Å². The second-order valence-corrected chi connectivity index (χ2v) is 28.3. The highest BCUT2D eigenvalue weighted by Crippen LogP contribution is 2.35. The van der Waals surface area contributed by atoms with E-state index < -0.39 is 0 Å². The Labute approximate surface area is 667 Å². The zero-order valence-corrected chi connectivity index (χ0v) is 71.7. The first-order chi connectivity index (χ1) is 45.9. The quantitative estimate of drug-likeness (QED) is 0.0790. The Bertz CT molecular complexity index is 4220. The molecule has 6 heterocycles. The summed E-state index contributed by atoms with van der Waals surface area (Å²) in [6, 6.07) is 27.7. The highest BCUT2D eigenvalue weighted by atomic mass is 79.9. The molecule has 18 heteroatoms. The van der Waals surface area contributed by atoms with Crippen LogP contribution in [0, 0.1) is 125 Å². The van der Waals surface area contributed by atoms with Crippen molar-refractivity contribution in [2.24, 2.45) is 0 Å². The molecule has 7 aromatic carbocycles. The van der Waals surface area contributed by atoms with Crippen molar-refractivity contribution in [1.82, 2.24) is 27.4 Å². The fraction of sp³-hybridized carbons (Fsp3) is 0.286. The van der Waals surface area contributed by atoms with Crippen molar-refractivity contribution in [3.63, 3.8) is 0 Å². The Morgan fingerprint density at radius 1 is 0.186 bits per heavy atom. The summed E-state index contributed by atoms with van der Waals surface area (Å²) in [5, 5.41) is 0. The second-order valence-electron chi connectivity index (χ2n) is 28.3. The molecular formula is C84H96Br6N12. The van der Waals surface area contributed by atoms with E-state index >= 15 is 0 Å². The summed E-state index contributed by atoms with van der Waals surface area (Å²) in [6.45, 7) is 43.8. The van der Waals surface area contributed by atoms with Crippen LogP contribution >= 0.6 is 0 Å². The van der Waals surface area contributed by atoms with E-state index in [-0.39, 0.29) is 102 Å². The maximum Gasteiger partial charge on any atom is 0.249 e. The lowest BCUT2D eigenvalue weighted by atomic mass is 9.85. The van der Waals surface area contributed by atoms with E-state index in [0.717, 1.165) is 0 Å². The molecule has 6 aromatic heterocycles. The third kappa shape index (κ3) is 16.9. The molecule has 0 bridgehead atoms. The van der Waals surface area contributed by atoms with Gasteiger partial charge in [0.15, 0.2) is 0 Å². The Morgan fingerprint density at radius 2 is 0.294 bits per heavy atom.